The van der Waals surface area contributed by atoms with Crippen LogP contribution in [0.5, 0.6) is 0 Å². The third-order valence-electron chi connectivity index (χ3n) is 6.49. The van der Waals surface area contributed by atoms with Crippen molar-refractivity contribution in [1.82, 2.24) is 4.90 Å². The molecule has 3 nitrogen and oxygen atoms in total. The van der Waals surface area contributed by atoms with Crippen LogP contribution in [0.3, 0.4) is 0 Å². The van der Waals surface area contributed by atoms with E-state index in [2.05, 4.69) is 29.2 Å². The molecule has 5 rings (SSSR count). The Hall–Kier alpha value is -1.03. The van der Waals surface area contributed by atoms with Gasteiger partial charge in [-0.3, -0.25) is 4.99 Å². The summed E-state index contributed by atoms with van der Waals surface area (Å²) in [6.45, 7) is 3.56. The molecule has 1 aromatic rings. The number of allylic oxidation sites excluding steroid dienone is 1. The van der Waals surface area contributed by atoms with E-state index in [1.165, 1.54) is 17.8 Å². The summed E-state index contributed by atoms with van der Waals surface area (Å²) >= 11 is 12.5. The van der Waals surface area contributed by atoms with Gasteiger partial charge in [0.15, 0.2) is 0 Å². The fraction of sp³-hybridized carbons (Fsp3) is 0.550. The van der Waals surface area contributed by atoms with Crippen LogP contribution in [0, 0.1) is 11.8 Å². The first-order valence-corrected chi connectivity index (χ1v) is 9.98. The molecular weight excluding hydrogens is 355 g/mol. The highest BCUT2D eigenvalue weighted by Crippen LogP contribution is 2.61. The third kappa shape index (κ3) is 2.47. The number of amidine groups is 1. The lowest BCUT2D eigenvalue weighted by atomic mass is 9.71. The number of nitrogens with zero attached hydrogens (tertiary/aromatic N) is 2. The highest BCUT2D eigenvalue weighted by atomic mass is 35.5. The molecule has 0 amide bonds. The Balaban J connectivity index is 1.53. The number of fused-ring (bicyclic) bond motifs is 3. The minimum Gasteiger partial charge on any atom is -0.378 e. The molecule has 2 bridgehead atoms. The first kappa shape index (κ1) is 16.2. The third-order valence-corrected chi connectivity index (χ3v) is 7.23. The molecule has 4 atom stereocenters. The van der Waals surface area contributed by atoms with Crippen LogP contribution >= 0.6 is 23.2 Å². The number of rotatable bonds is 1. The molecule has 1 aromatic carbocycles. The SMILES string of the molecule is Clc1ccc(C2C3C=CC(C3)C23CCC(N2CCOCC2)=N3)cc1Cl. The van der Waals surface area contributed by atoms with Crippen LogP contribution in [-0.4, -0.2) is 42.6 Å². The molecule has 0 N–H and O–H groups in total. The molecule has 5 heteroatoms. The van der Waals surface area contributed by atoms with E-state index in [9.17, 15) is 0 Å². The molecule has 4 aliphatic rings. The zero-order chi connectivity index (χ0) is 17.0. The summed E-state index contributed by atoms with van der Waals surface area (Å²) < 4.78 is 5.51. The van der Waals surface area contributed by atoms with Gasteiger partial charge >= 0.3 is 0 Å². The van der Waals surface area contributed by atoms with Gasteiger partial charge in [0.1, 0.15) is 0 Å². The van der Waals surface area contributed by atoms with Crippen LogP contribution < -0.4 is 0 Å². The second kappa shape index (κ2) is 6.00. The summed E-state index contributed by atoms with van der Waals surface area (Å²) in [5.41, 5.74) is 1.29. The molecule has 1 spiro atoms. The maximum absolute atomic E-state index is 6.33. The van der Waals surface area contributed by atoms with Crippen LogP contribution in [0.1, 0.15) is 30.7 Å². The Kier molecular flexibility index (Phi) is 3.88. The summed E-state index contributed by atoms with van der Waals surface area (Å²) in [6.07, 6.45) is 8.23. The van der Waals surface area contributed by atoms with Crippen molar-refractivity contribution < 1.29 is 4.74 Å². The normalized spacial score (nSPS) is 36.5. The fourth-order valence-electron chi connectivity index (χ4n) is 5.40. The van der Waals surface area contributed by atoms with Crippen molar-refractivity contribution in [2.45, 2.75) is 30.7 Å². The summed E-state index contributed by atoms with van der Waals surface area (Å²) in [5, 5.41) is 1.28. The van der Waals surface area contributed by atoms with Crippen LogP contribution in [0.15, 0.2) is 35.3 Å². The van der Waals surface area contributed by atoms with Gasteiger partial charge in [0.2, 0.25) is 0 Å². The predicted octanol–water partition coefficient (Wildman–Crippen LogP) is 4.55. The van der Waals surface area contributed by atoms with Crippen molar-refractivity contribution in [2.24, 2.45) is 16.8 Å². The average Bonchev–Trinajstić information content (AvgIpc) is 3.34. The van der Waals surface area contributed by atoms with Crippen molar-refractivity contribution in [3.05, 3.63) is 46.0 Å². The fourth-order valence-corrected chi connectivity index (χ4v) is 5.70. The largest absolute Gasteiger partial charge is 0.378 e. The lowest BCUT2D eigenvalue weighted by Crippen LogP contribution is -2.40. The van der Waals surface area contributed by atoms with Crippen LogP contribution in [0.4, 0.5) is 0 Å². The standard InChI is InChI=1S/C20H22Cl2N2O/c21-16-4-2-14(12-17(16)22)19-13-1-3-15(11-13)20(19)6-5-18(23-20)24-7-9-25-10-8-24/h1-4,12-13,15,19H,5-11H2. The quantitative estimate of drug-likeness (QED) is 0.671. The summed E-state index contributed by atoms with van der Waals surface area (Å²) in [5.74, 6) is 2.82. The van der Waals surface area contributed by atoms with E-state index < -0.39 is 0 Å². The number of morpholine rings is 1. The zero-order valence-corrected chi connectivity index (χ0v) is 15.6. The van der Waals surface area contributed by atoms with Gasteiger partial charge in [0.05, 0.1) is 34.6 Å². The lowest BCUT2D eigenvalue weighted by Gasteiger charge is -2.37. The first-order valence-electron chi connectivity index (χ1n) is 9.22. The van der Waals surface area contributed by atoms with Gasteiger partial charge in [0, 0.05) is 31.3 Å². The van der Waals surface area contributed by atoms with Crippen molar-refractivity contribution in [2.75, 3.05) is 26.3 Å². The lowest BCUT2D eigenvalue weighted by molar-refractivity contribution is 0.0674. The predicted molar refractivity (Wildman–Crippen MR) is 102 cm³/mol. The summed E-state index contributed by atoms with van der Waals surface area (Å²) in [7, 11) is 0. The van der Waals surface area contributed by atoms with Gasteiger partial charge in [-0.15, -0.1) is 0 Å². The molecule has 0 radical (unpaired) electrons. The van der Waals surface area contributed by atoms with Crippen molar-refractivity contribution >= 4 is 29.0 Å². The molecule has 1 saturated heterocycles. The van der Waals surface area contributed by atoms with E-state index in [-0.39, 0.29) is 5.54 Å². The van der Waals surface area contributed by atoms with Gasteiger partial charge in [0.25, 0.3) is 0 Å². The zero-order valence-electron chi connectivity index (χ0n) is 14.1. The Labute approximate surface area is 158 Å². The van der Waals surface area contributed by atoms with Gasteiger partial charge in [-0.25, -0.2) is 0 Å². The van der Waals surface area contributed by atoms with Crippen LogP contribution in [-0.2, 0) is 4.74 Å². The second-order valence-corrected chi connectivity index (χ2v) is 8.48. The highest BCUT2D eigenvalue weighted by molar-refractivity contribution is 6.42. The van der Waals surface area contributed by atoms with Gasteiger partial charge in [-0.1, -0.05) is 41.4 Å². The van der Waals surface area contributed by atoms with E-state index in [0.29, 0.717) is 27.8 Å². The first-order chi connectivity index (χ1) is 12.2. The van der Waals surface area contributed by atoms with Crippen molar-refractivity contribution in [3.63, 3.8) is 0 Å². The minimum atomic E-state index is 0.00418. The van der Waals surface area contributed by atoms with Gasteiger partial charge in [-0.05, 0) is 36.5 Å². The maximum atomic E-state index is 6.33. The van der Waals surface area contributed by atoms with Crippen molar-refractivity contribution in [3.8, 4) is 0 Å². The van der Waals surface area contributed by atoms with Crippen LogP contribution in [0.25, 0.3) is 0 Å². The Morgan fingerprint density at radius 2 is 1.96 bits per heavy atom. The number of hydrogen-bond donors (Lipinski definition) is 0. The molecule has 132 valence electrons. The topological polar surface area (TPSA) is 24.8 Å². The average molecular weight is 377 g/mol. The maximum Gasteiger partial charge on any atom is 0.0998 e. The highest BCUT2D eigenvalue weighted by Gasteiger charge is 2.58. The molecule has 0 aromatic heterocycles. The van der Waals surface area contributed by atoms with E-state index >= 15 is 0 Å². The van der Waals surface area contributed by atoms with E-state index in [0.717, 1.165) is 39.1 Å². The van der Waals surface area contributed by atoms with E-state index in [4.69, 9.17) is 32.9 Å². The Morgan fingerprint density at radius 3 is 2.76 bits per heavy atom. The Morgan fingerprint density at radius 1 is 1.12 bits per heavy atom. The molecule has 1 saturated carbocycles. The number of aliphatic imine (C=N–C) groups is 1. The number of ether oxygens (including phenoxy) is 1. The number of hydrogen-bond acceptors (Lipinski definition) is 3. The van der Waals surface area contributed by atoms with Crippen LogP contribution in [0.2, 0.25) is 10.0 Å². The molecule has 2 aliphatic heterocycles. The molecular formula is C20H22Cl2N2O. The molecule has 2 aliphatic carbocycles. The van der Waals surface area contributed by atoms with Gasteiger partial charge in [-0.2, -0.15) is 0 Å². The van der Waals surface area contributed by atoms with E-state index in [1.807, 2.05) is 6.07 Å². The number of benzene rings is 1. The summed E-state index contributed by atoms with van der Waals surface area (Å²) in [4.78, 5) is 7.83. The monoisotopic (exact) mass is 376 g/mol. The summed E-state index contributed by atoms with van der Waals surface area (Å²) in [6, 6.07) is 6.15. The smallest absolute Gasteiger partial charge is 0.0998 e. The molecule has 4 unspecified atom stereocenters. The molecule has 25 heavy (non-hydrogen) atoms. The minimum absolute atomic E-state index is 0.00418. The van der Waals surface area contributed by atoms with Crippen molar-refractivity contribution in [1.29, 1.82) is 0 Å². The second-order valence-electron chi connectivity index (χ2n) is 7.66. The van der Waals surface area contributed by atoms with Gasteiger partial charge < -0.3 is 9.64 Å². The van der Waals surface area contributed by atoms with E-state index in [1.54, 1.807) is 0 Å². The molecule has 2 fully saturated rings. The number of halogens is 2. The Bertz CT molecular complexity index is 756. The molecule has 2 heterocycles.